The summed E-state index contributed by atoms with van der Waals surface area (Å²) < 4.78 is 5.86. The Morgan fingerprint density at radius 3 is 2.59 bits per heavy atom. The highest BCUT2D eigenvalue weighted by molar-refractivity contribution is 9.12. The molecule has 4 aliphatic rings. The van der Waals surface area contributed by atoms with Crippen LogP contribution < -0.4 is 5.73 Å². The van der Waals surface area contributed by atoms with E-state index in [1.165, 1.54) is 6.08 Å². The number of halogens is 1. The molecular formula is C22H17BrN2O7. The van der Waals surface area contributed by atoms with Gasteiger partial charge in [-0.2, -0.15) is 4.90 Å². The van der Waals surface area contributed by atoms with Crippen LogP contribution in [0.1, 0.15) is 30.3 Å². The first kappa shape index (κ1) is 20.8. The van der Waals surface area contributed by atoms with Gasteiger partial charge in [-0.25, -0.2) is 4.79 Å². The van der Waals surface area contributed by atoms with E-state index in [9.17, 15) is 29.1 Å². The molecule has 4 amide bonds. The topological polar surface area (TPSA) is 148 Å². The van der Waals surface area contributed by atoms with E-state index in [0.717, 1.165) is 0 Å². The average molecular weight is 501 g/mol. The van der Waals surface area contributed by atoms with Crippen LogP contribution in [0, 0.1) is 17.8 Å². The number of likely N-dealkylation sites (tertiary alicyclic amines) is 1. The Bertz CT molecular complexity index is 1220. The third kappa shape index (κ3) is 2.75. The zero-order chi connectivity index (χ0) is 22.9. The summed E-state index contributed by atoms with van der Waals surface area (Å²) in [4.78, 5) is 63.9. The molecule has 0 saturated carbocycles. The summed E-state index contributed by atoms with van der Waals surface area (Å²) in [5, 5.41) is 9.42. The zero-order valence-corrected chi connectivity index (χ0v) is 18.1. The normalized spacial score (nSPS) is 29.5. The van der Waals surface area contributed by atoms with E-state index >= 15 is 0 Å². The Morgan fingerprint density at radius 1 is 1.19 bits per heavy atom. The van der Waals surface area contributed by atoms with Crippen molar-refractivity contribution in [2.45, 2.75) is 25.4 Å². The summed E-state index contributed by atoms with van der Waals surface area (Å²) in [7, 11) is 0. The highest BCUT2D eigenvalue weighted by Gasteiger charge is 2.57. The number of primary amides is 1. The van der Waals surface area contributed by atoms with E-state index < -0.39 is 41.5 Å². The van der Waals surface area contributed by atoms with Crippen LogP contribution in [0.2, 0.25) is 0 Å². The Morgan fingerprint density at radius 2 is 1.94 bits per heavy atom. The van der Waals surface area contributed by atoms with Crippen LogP contribution in [-0.2, 0) is 25.8 Å². The first-order chi connectivity index (χ1) is 15.2. The van der Waals surface area contributed by atoms with Crippen LogP contribution in [0.25, 0.3) is 0 Å². The van der Waals surface area contributed by atoms with E-state index in [-0.39, 0.29) is 52.4 Å². The zero-order valence-electron chi connectivity index (χ0n) is 16.5. The number of fused-ring (bicyclic) bond motifs is 3. The summed E-state index contributed by atoms with van der Waals surface area (Å²) in [6.07, 6.45) is 3.28. The number of hydrogen-bond acceptors (Lipinski definition) is 7. The molecule has 3 N–H and O–H groups in total. The molecular weight excluding hydrogens is 484 g/mol. The van der Waals surface area contributed by atoms with Crippen LogP contribution >= 0.6 is 15.9 Å². The Kier molecular flexibility index (Phi) is 4.68. The van der Waals surface area contributed by atoms with E-state index in [1.807, 2.05) is 0 Å². The Balaban J connectivity index is 1.68. The molecule has 10 heteroatoms. The van der Waals surface area contributed by atoms with Crippen molar-refractivity contribution in [2.75, 3.05) is 0 Å². The number of furan rings is 1. The molecule has 2 heterocycles. The van der Waals surface area contributed by atoms with Gasteiger partial charge in [0.15, 0.2) is 11.6 Å². The van der Waals surface area contributed by atoms with E-state index in [2.05, 4.69) is 15.9 Å². The molecule has 32 heavy (non-hydrogen) atoms. The van der Waals surface area contributed by atoms with Gasteiger partial charge in [0.05, 0.1) is 22.2 Å². The SMILES string of the molecule is NC(=O)N1C(=O)[C@H]2[C@H](CC=C3[C@H](c4ccc(CO)o4)C4=C(C[C@H]32)C(=O)C(Br)=CC4=O)C1=O. The van der Waals surface area contributed by atoms with Gasteiger partial charge in [-0.3, -0.25) is 19.2 Å². The van der Waals surface area contributed by atoms with Gasteiger partial charge < -0.3 is 15.3 Å². The molecule has 1 aliphatic heterocycles. The summed E-state index contributed by atoms with van der Waals surface area (Å²) in [5.41, 5.74) is 6.47. The van der Waals surface area contributed by atoms with Gasteiger partial charge in [0.25, 0.3) is 0 Å². The summed E-state index contributed by atoms with van der Waals surface area (Å²) in [6, 6.07) is 2.07. The van der Waals surface area contributed by atoms with Gasteiger partial charge >= 0.3 is 6.03 Å². The Labute approximate surface area is 189 Å². The van der Waals surface area contributed by atoms with Gasteiger partial charge in [-0.05, 0) is 46.8 Å². The number of Topliss-reactive ketones (excluding diaryl/α,β-unsaturated/α-hetero) is 1. The summed E-state index contributed by atoms with van der Waals surface area (Å²) in [5.74, 6) is -4.38. The number of rotatable bonds is 2. The first-order valence-corrected chi connectivity index (χ1v) is 10.8. The number of allylic oxidation sites excluding steroid dienone is 6. The minimum atomic E-state index is -1.13. The highest BCUT2D eigenvalue weighted by Crippen LogP contribution is 2.55. The molecule has 5 rings (SSSR count). The fraction of sp³-hybridized carbons (Fsp3) is 0.318. The third-order valence-electron chi connectivity index (χ3n) is 6.67. The lowest BCUT2D eigenvalue weighted by Crippen LogP contribution is -2.42. The minimum absolute atomic E-state index is 0.0749. The van der Waals surface area contributed by atoms with Crippen LogP contribution in [0.15, 0.2) is 49.9 Å². The van der Waals surface area contributed by atoms with Crippen LogP contribution in [0.3, 0.4) is 0 Å². The van der Waals surface area contributed by atoms with Crippen molar-refractivity contribution >= 4 is 45.3 Å². The van der Waals surface area contributed by atoms with Crippen LogP contribution in [0.4, 0.5) is 4.79 Å². The van der Waals surface area contributed by atoms with Crippen LogP contribution in [0.5, 0.6) is 0 Å². The maximum absolute atomic E-state index is 13.0. The molecule has 0 bridgehead atoms. The van der Waals surface area contributed by atoms with Crippen molar-refractivity contribution in [1.82, 2.24) is 4.90 Å². The van der Waals surface area contributed by atoms with E-state index in [1.54, 1.807) is 18.2 Å². The predicted octanol–water partition coefficient (Wildman–Crippen LogP) is 1.61. The minimum Gasteiger partial charge on any atom is -0.463 e. The fourth-order valence-electron chi connectivity index (χ4n) is 5.39. The molecule has 9 nitrogen and oxygen atoms in total. The van der Waals surface area contributed by atoms with Crippen molar-refractivity contribution in [3.8, 4) is 0 Å². The fourth-order valence-corrected chi connectivity index (χ4v) is 5.83. The number of nitrogens with two attached hydrogens (primary N) is 1. The summed E-state index contributed by atoms with van der Waals surface area (Å²) in [6.45, 7) is -0.343. The molecule has 0 unspecified atom stereocenters. The van der Waals surface area contributed by atoms with Crippen molar-refractivity contribution in [3.63, 3.8) is 0 Å². The number of carbonyl (C=O) groups excluding carboxylic acids is 5. The summed E-state index contributed by atoms with van der Waals surface area (Å²) >= 11 is 3.14. The molecule has 3 aliphatic carbocycles. The molecule has 164 valence electrons. The maximum Gasteiger partial charge on any atom is 0.328 e. The monoisotopic (exact) mass is 500 g/mol. The van der Waals surface area contributed by atoms with Crippen molar-refractivity contribution < 1.29 is 33.5 Å². The molecule has 0 spiro atoms. The molecule has 1 fully saturated rings. The standard InChI is InChI=1S/C22H17BrN2O7/c23-13-6-14(27)17-12(19(13)28)5-11-9(18(17)15-4-1-8(7-26)32-15)2-3-10-16(11)21(30)25(20(10)29)22(24)31/h1-2,4,6,10-11,16,18,26H,3,5,7H2,(H2,24,31)/t10-,11+,16-,18+/m0/s1. The lowest BCUT2D eigenvalue weighted by molar-refractivity contribution is -0.136. The number of amides is 4. The smallest absolute Gasteiger partial charge is 0.328 e. The molecule has 0 radical (unpaired) electrons. The van der Waals surface area contributed by atoms with Crippen molar-refractivity contribution in [1.29, 1.82) is 0 Å². The number of carbonyl (C=O) groups is 5. The number of aliphatic hydroxyl groups is 1. The molecule has 1 saturated heterocycles. The number of ketones is 2. The first-order valence-electron chi connectivity index (χ1n) is 10.0. The second kappa shape index (κ2) is 7.21. The number of nitrogens with zero attached hydrogens (tertiary/aromatic N) is 1. The van der Waals surface area contributed by atoms with E-state index in [4.69, 9.17) is 10.2 Å². The number of hydrogen-bond donors (Lipinski definition) is 2. The second-order valence-electron chi connectivity index (χ2n) is 8.21. The number of imide groups is 3. The lowest BCUT2D eigenvalue weighted by Gasteiger charge is -2.41. The average Bonchev–Trinajstić information content (AvgIpc) is 3.33. The number of urea groups is 1. The quantitative estimate of drug-likeness (QED) is 0.356. The van der Waals surface area contributed by atoms with Gasteiger partial charge in [0.2, 0.25) is 11.8 Å². The van der Waals surface area contributed by atoms with Gasteiger partial charge in [0.1, 0.15) is 18.1 Å². The van der Waals surface area contributed by atoms with Gasteiger partial charge in [-0.15, -0.1) is 0 Å². The maximum atomic E-state index is 13.0. The van der Waals surface area contributed by atoms with Gasteiger partial charge in [0, 0.05) is 17.2 Å². The molecule has 4 atom stereocenters. The third-order valence-corrected chi connectivity index (χ3v) is 7.26. The van der Waals surface area contributed by atoms with Gasteiger partial charge in [-0.1, -0.05) is 11.6 Å². The molecule has 0 aromatic carbocycles. The molecule has 1 aromatic rings. The predicted molar refractivity (Wildman–Crippen MR) is 111 cm³/mol. The van der Waals surface area contributed by atoms with Crippen molar-refractivity contribution in [3.05, 3.63) is 57.0 Å². The highest BCUT2D eigenvalue weighted by atomic mass is 79.9. The molecule has 1 aromatic heterocycles. The lowest BCUT2D eigenvalue weighted by atomic mass is 9.60. The van der Waals surface area contributed by atoms with Crippen LogP contribution in [-0.4, -0.2) is 39.4 Å². The Hall–Kier alpha value is -3.11. The number of aliphatic hydroxyl groups excluding tert-OH is 1. The van der Waals surface area contributed by atoms with Crippen molar-refractivity contribution in [2.24, 2.45) is 23.5 Å². The van der Waals surface area contributed by atoms with E-state index in [0.29, 0.717) is 16.2 Å². The second-order valence-corrected chi connectivity index (χ2v) is 9.06. The largest absolute Gasteiger partial charge is 0.463 e.